The summed E-state index contributed by atoms with van der Waals surface area (Å²) in [7, 11) is -2.96. The minimum atomic E-state index is -2.96. The van der Waals surface area contributed by atoms with E-state index in [1.54, 1.807) is 0 Å². The second-order valence-corrected chi connectivity index (χ2v) is 11.6. The number of hydrogen-bond donors (Lipinski definition) is 2. The van der Waals surface area contributed by atoms with Crippen LogP contribution in [0.5, 0.6) is 0 Å². The number of benzene rings is 1. The zero-order valence-corrected chi connectivity index (χ0v) is 17.9. The number of fused-ring (bicyclic) bond motifs is 1. The van der Waals surface area contributed by atoms with E-state index in [1.165, 1.54) is 31.0 Å². The van der Waals surface area contributed by atoms with Crippen molar-refractivity contribution in [3.8, 4) is 0 Å². The van der Waals surface area contributed by atoms with Gasteiger partial charge in [-0.05, 0) is 43.4 Å². The van der Waals surface area contributed by atoms with Crippen LogP contribution in [0.1, 0.15) is 48.5 Å². The van der Waals surface area contributed by atoms with Crippen LogP contribution in [0.3, 0.4) is 0 Å². The Morgan fingerprint density at radius 2 is 2.00 bits per heavy atom. The van der Waals surface area contributed by atoms with E-state index in [-0.39, 0.29) is 34.7 Å². The lowest BCUT2D eigenvalue weighted by Crippen LogP contribution is -2.41. The quantitative estimate of drug-likeness (QED) is 0.783. The first-order valence-electron chi connectivity index (χ1n) is 9.94. The van der Waals surface area contributed by atoms with Gasteiger partial charge < -0.3 is 10.6 Å². The third-order valence-electron chi connectivity index (χ3n) is 5.99. The number of thioether (sulfide) groups is 1. The number of carbonyl (C=O) groups is 1. The van der Waals surface area contributed by atoms with E-state index < -0.39 is 9.84 Å². The summed E-state index contributed by atoms with van der Waals surface area (Å²) < 4.78 is 23.4. The molecule has 8 heteroatoms. The summed E-state index contributed by atoms with van der Waals surface area (Å²) in [6, 6.07) is 5.75. The minimum absolute atomic E-state index is 0.00655. The molecule has 4 atom stereocenters. The van der Waals surface area contributed by atoms with Gasteiger partial charge >= 0.3 is 0 Å². The van der Waals surface area contributed by atoms with Gasteiger partial charge in [-0.1, -0.05) is 37.6 Å². The SMILES string of the molecule is Cc1ccc(C(=O)N[C@@H]2CCCC[C@@H]2C)cc1NC1=N[C@@H]2CS(=O)(=O)C[C@@H]2S1. The Balaban J connectivity index is 1.45. The fourth-order valence-electron chi connectivity index (χ4n) is 4.21. The normalized spacial score (nSPS) is 31.1. The molecule has 2 fully saturated rings. The number of aliphatic imine (C=N–C) groups is 1. The van der Waals surface area contributed by atoms with Crippen molar-refractivity contribution >= 4 is 38.4 Å². The van der Waals surface area contributed by atoms with Crippen LogP contribution < -0.4 is 10.6 Å². The molecule has 2 aliphatic heterocycles. The number of hydrogen-bond acceptors (Lipinski definition) is 6. The highest BCUT2D eigenvalue weighted by Gasteiger charge is 2.42. The zero-order valence-electron chi connectivity index (χ0n) is 16.3. The van der Waals surface area contributed by atoms with E-state index in [0.717, 1.165) is 22.8 Å². The average molecular weight is 422 g/mol. The topological polar surface area (TPSA) is 87.6 Å². The van der Waals surface area contributed by atoms with E-state index in [9.17, 15) is 13.2 Å². The number of anilines is 1. The number of amides is 1. The molecule has 152 valence electrons. The van der Waals surface area contributed by atoms with Crippen LogP contribution in [0.2, 0.25) is 0 Å². The molecular formula is C20H27N3O3S2. The Morgan fingerprint density at radius 1 is 1.21 bits per heavy atom. The molecule has 4 rings (SSSR count). The van der Waals surface area contributed by atoms with Crippen LogP contribution in [0, 0.1) is 12.8 Å². The monoisotopic (exact) mass is 421 g/mol. The van der Waals surface area contributed by atoms with Crippen LogP contribution in [0.15, 0.2) is 23.2 Å². The minimum Gasteiger partial charge on any atom is -0.349 e. The van der Waals surface area contributed by atoms with Crippen molar-refractivity contribution in [1.29, 1.82) is 0 Å². The fourth-order valence-corrected chi connectivity index (χ4v) is 7.88. The molecule has 28 heavy (non-hydrogen) atoms. The summed E-state index contributed by atoms with van der Waals surface area (Å²) in [6.07, 6.45) is 4.63. The maximum atomic E-state index is 12.7. The molecule has 0 unspecified atom stereocenters. The lowest BCUT2D eigenvalue weighted by molar-refractivity contribution is 0.0910. The summed E-state index contributed by atoms with van der Waals surface area (Å²) in [5.41, 5.74) is 2.51. The van der Waals surface area contributed by atoms with Crippen molar-refractivity contribution < 1.29 is 13.2 Å². The number of aryl methyl sites for hydroxylation is 1. The number of rotatable bonds is 3. The molecule has 2 heterocycles. The number of carbonyl (C=O) groups excluding carboxylic acids is 1. The molecule has 0 radical (unpaired) electrons. The number of nitrogens with zero attached hydrogens (tertiary/aromatic N) is 1. The summed E-state index contributed by atoms with van der Waals surface area (Å²) in [5, 5.41) is 7.26. The highest BCUT2D eigenvalue weighted by atomic mass is 32.2. The molecule has 1 aromatic carbocycles. The molecule has 2 N–H and O–H groups in total. The third kappa shape index (κ3) is 4.22. The van der Waals surface area contributed by atoms with Crippen molar-refractivity contribution in [2.75, 3.05) is 16.8 Å². The van der Waals surface area contributed by atoms with Gasteiger partial charge in [0, 0.05) is 22.5 Å². The van der Waals surface area contributed by atoms with Gasteiger partial charge in [0.2, 0.25) is 0 Å². The lowest BCUT2D eigenvalue weighted by Gasteiger charge is -2.29. The second-order valence-electron chi connectivity index (χ2n) is 8.23. The standard InChI is InChI=1S/C20H27N3O3S2/c1-12-5-3-4-6-15(12)21-19(24)14-8-7-13(2)16(9-14)22-20-23-17-10-28(25,26)11-18(17)27-20/h7-9,12,15,17-18H,3-6,10-11H2,1-2H3,(H,21,24)(H,22,23)/t12-,15+,17+,18-/m0/s1. The third-order valence-corrected chi connectivity index (χ3v) is 9.13. The largest absolute Gasteiger partial charge is 0.349 e. The van der Waals surface area contributed by atoms with Crippen molar-refractivity contribution in [3.63, 3.8) is 0 Å². The Kier molecular flexibility index (Phi) is 5.44. The van der Waals surface area contributed by atoms with Crippen LogP contribution in [-0.4, -0.2) is 48.3 Å². The molecule has 0 spiro atoms. The van der Waals surface area contributed by atoms with Gasteiger partial charge in [0.15, 0.2) is 15.0 Å². The van der Waals surface area contributed by atoms with Gasteiger partial charge in [0.25, 0.3) is 5.91 Å². The van der Waals surface area contributed by atoms with Crippen molar-refractivity contribution in [2.45, 2.75) is 56.9 Å². The Labute approximate surface area is 170 Å². The first-order chi connectivity index (χ1) is 13.3. The second kappa shape index (κ2) is 7.71. The molecule has 6 nitrogen and oxygen atoms in total. The Bertz CT molecular complexity index is 913. The van der Waals surface area contributed by atoms with Crippen molar-refractivity contribution in [2.24, 2.45) is 10.9 Å². The Morgan fingerprint density at radius 3 is 2.75 bits per heavy atom. The summed E-state index contributed by atoms with van der Waals surface area (Å²) in [4.78, 5) is 17.3. The zero-order chi connectivity index (χ0) is 19.9. The molecule has 1 aromatic rings. The molecule has 1 saturated carbocycles. The summed E-state index contributed by atoms with van der Waals surface area (Å²) in [5.74, 6) is 0.806. The first-order valence-corrected chi connectivity index (χ1v) is 12.6. The maximum absolute atomic E-state index is 12.7. The van der Waals surface area contributed by atoms with E-state index >= 15 is 0 Å². The summed E-state index contributed by atoms with van der Waals surface area (Å²) >= 11 is 1.49. The van der Waals surface area contributed by atoms with E-state index in [0.29, 0.717) is 11.5 Å². The lowest BCUT2D eigenvalue weighted by atomic mass is 9.86. The van der Waals surface area contributed by atoms with Crippen molar-refractivity contribution in [3.05, 3.63) is 29.3 Å². The van der Waals surface area contributed by atoms with Crippen LogP contribution in [0.25, 0.3) is 0 Å². The van der Waals surface area contributed by atoms with Crippen molar-refractivity contribution in [1.82, 2.24) is 5.32 Å². The van der Waals surface area contributed by atoms with E-state index in [1.807, 2.05) is 25.1 Å². The molecule has 0 bridgehead atoms. The molecule has 1 amide bonds. The highest BCUT2D eigenvalue weighted by Crippen LogP contribution is 2.35. The Hall–Kier alpha value is -1.54. The number of nitrogens with one attached hydrogen (secondary N) is 2. The maximum Gasteiger partial charge on any atom is 0.251 e. The van der Waals surface area contributed by atoms with E-state index in [2.05, 4.69) is 22.5 Å². The van der Waals surface area contributed by atoms with Crippen LogP contribution in [-0.2, 0) is 9.84 Å². The van der Waals surface area contributed by atoms with Gasteiger partial charge in [-0.25, -0.2) is 8.42 Å². The van der Waals surface area contributed by atoms with Gasteiger partial charge in [-0.3, -0.25) is 9.79 Å². The van der Waals surface area contributed by atoms with Crippen LogP contribution in [0.4, 0.5) is 5.69 Å². The number of amidine groups is 1. The predicted octanol–water partition coefficient (Wildman–Crippen LogP) is 2.98. The smallest absolute Gasteiger partial charge is 0.251 e. The predicted molar refractivity (Wildman–Crippen MR) is 115 cm³/mol. The summed E-state index contributed by atoms with van der Waals surface area (Å²) in [6.45, 7) is 4.19. The van der Waals surface area contributed by atoms with E-state index in [4.69, 9.17) is 0 Å². The van der Waals surface area contributed by atoms with Gasteiger partial charge in [0.1, 0.15) is 0 Å². The van der Waals surface area contributed by atoms with Crippen LogP contribution >= 0.6 is 11.8 Å². The molecular weight excluding hydrogens is 394 g/mol. The number of sulfone groups is 1. The fraction of sp³-hybridized carbons (Fsp3) is 0.600. The molecule has 3 aliphatic rings. The molecule has 0 aromatic heterocycles. The van der Waals surface area contributed by atoms with Gasteiger partial charge in [-0.2, -0.15) is 0 Å². The average Bonchev–Trinajstić information content (AvgIpc) is 3.11. The molecule has 1 aliphatic carbocycles. The van der Waals surface area contributed by atoms with Gasteiger partial charge in [-0.15, -0.1) is 0 Å². The molecule has 1 saturated heterocycles. The highest BCUT2D eigenvalue weighted by molar-refractivity contribution is 8.15. The van der Waals surface area contributed by atoms with Gasteiger partial charge in [0.05, 0.1) is 17.5 Å². The first kappa shape index (κ1) is 19.8.